The van der Waals surface area contributed by atoms with E-state index < -0.39 is 36.3 Å². The summed E-state index contributed by atoms with van der Waals surface area (Å²) < 4.78 is 5.11. The molecule has 2 aromatic carbocycles. The Morgan fingerprint density at radius 3 is 2.69 bits per heavy atom. The first kappa shape index (κ1) is 20.5. The number of hydrogen-bond donors (Lipinski definition) is 1. The summed E-state index contributed by atoms with van der Waals surface area (Å²) in [5, 5.41) is 3.10. The van der Waals surface area contributed by atoms with Crippen LogP contribution in [0, 0.1) is 6.92 Å². The van der Waals surface area contributed by atoms with Gasteiger partial charge in [-0.15, -0.1) is 0 Å². The van der Waals surface area contributed by atoms with Crippen LogP contribution < -0.4 is 5.32 Å². The molecule has 3 amide bonds. The molecule has 150 valence electrons. The van der Waals surface area contributed by atoms with Gasteiger partial charge in [0.25, 0.3) is 11.8 Å². The topological polar surface area (TPSA) is 92.8 Å². The molecular weight excluding hydrogens is 396 g/mol. The van der Waals surface area contributed by atoms with E-state index in [1.165, 1.54) is 6.92 Å². The minimum atomic E-state index is -1.12. The third-order valence-corrected chi connectivity index (χ3v) is 4.79. The number of rotatable bonds is 5. The fourth-order valence-electron chi connectivity index (χ4n) is 2.94. The molecule has 0 fully saturated rings. The highest BCUT2D eigenvalue weighted by Gasteiger charge is 2.33. The van der Waals surface area contributed by atoms with Crippen molar-refractivity contribution < 1.29 is 23.9 Å². The maximum Gasteiger partial charge on any atom is 0.326 e. The summed E-state index contributed by atoms with van der Waals surface area (Å²) in [6, 6.07) is 11.8. The van der Waals surface area contributed by atoms with Gasteiger partial charge in [0.05, 0.1) is 6.42 Å². The van der Waals surface area contributed by atoms with Crippen molar-refractivity contribution in [2.24, 2.45) is 0 Å². The minimum Gasteiger partial charge on any atom is -0.451 e. The van der Waals surface area contributed by atoms with Crippen LogP contribution in [0.1, 0.15) is 28.4 Å². The third kappa shape index (κ3) is 4.63. The Morgan fingerprint density at radius 2 is 1.93 bits per heavy atom. The maximum atomic E-state index is 12.5. The van der Waals surface area contributed by atoms with Crippen LogP contribution in [0.3, 0.4) is 0 Å². The smallest absolute Gasteiger partial charge is 0.326 e. The van der Waals surface area contributed by atoms with Gasteiger partial charge in [-0.05, 0) is 43.2 Å². The molecule has 7 nitrogen and oxygen atoms in total. The summed E-state index contributed by atoms with van der Waals surface area (Å²) in [5.41, 5.74) is 2.30. The molecule has 0 radical (unpaired) electrons. The van der Waals surface area contributed by atoms with Crippen LogP contribution in [-0.2, 0) is 25.5 Å². The lowest BCUT2D eigenvalue weighted by Gasteiger charge is -2.26. The zero-order valence-corrected chi connectivity index (χ0v) is 16.7. The second kappa shape index (κ2) is 8.45. The summed E-state index contributed by atoms with van der Waals surface area (Å²) in [4.78, 5) is 50.1. The Morgan fingerprint density at radius 1 is 1.21 bits per heavy atom. The third-order valence-electron chi connectivity index (χ3n) is 4.56. The summed E-state index contributed by atoms with van der Waals surface area (Å²) in [5.74, 6) is -2.44. The molecule has 0 aromatic heterocycles. The average molecular weight is 415 g/mol. The Bertz CT molecular complexity index is 1000. The lowest BCUT2D eigenvalue weighted by Crippen LogP contribution is -2.46. The van der Waals surface area contributed by atoms with Crippen LogP contribution in [0.25, 0.3) is 0 Å². The number of nitrogens with zero attached hydrogens (tertiary/aromatic N) is 1. The second-order valence-corrected chi connectivity index (χ2v) is 7.14. The number of aryl methyl sites for hydroxylation is 1. The number of carbonyl (C=O) groups is 4. The second-order valence-electron chi connectivity index (χ2n) is 6.70. The van der Waals surface area contributed by atoms with E-state index in [4.69, 9.17) is 16.3 Å². The molecule has 0 saturated carbocycles. The van der Waals surface area contributed by atoms with Crippen LogP contribution in [0.4, 0.5) is 5.69 Å². The van der Waals surface area contributed by atoms with Gasteiger partial charge >= 0.3 is 5.97 Å². The van der Waals surface area contributed by atoms with E-state index in [1.807, 2.05) is 0 Å². The van der Waals surface area contributed by atoms with E-state index in [0.29, 0.717) is 21.8 Å². The van der Waals surface area contributed by atoms with Crippen LogP contribution in [0.2, 0.25) is 5.02 Å². The molecule has 1 aliphatic heterocycles. The quantitative estimate of drug-likeness (QED) is 0.599. The lowest BCUT2D eigenvalue weighted by atomic mass is 9.98. The van der Waals surface area contributed by atoms with E-state index in [1.54, 1.807) is 49.4 Å². The highest BCUT2D eigenvalue weighted by molar-refractivity contribution is 6.31. The number of fused-ring (bicyclic) bond motifs is 1. The van der Waals surface area contributed by atoms with Gasteiger partial charge in [0.1, 0.15) is 6.54 Å². The molecule has 0 saturated heterocycles. The normalized spacial score (nSPS) is 14.2. The molecule has 0 spiro atoms. The molecule has 2 aromatic rings. The Labute approximate surface area is 172 Å². The van der Waals surface area contributed by atoms with E-state index in [-0.39, 0.29) is 6.42 Å². The van der Waals surface area contributed by atoms with Gasteiger partial charge in [-0.2, -0.15) is 0 Å². The summed E-state index contributed by atoms with van der Waals surface area (Å²) >= 11 is 5.93. The number of ether oxygens (including phenoxy) is 1. The van der Waals surface area contributed by atoms with Crippen molar-refractivity contribution in [1.29, 1.82) is 0 Å². The van der Waals surface area contributed by atoms with Crippen LogP contribution in [0.5, 0.6) is 0 Å². The SMILES string of the molecule is Cc1ccc(Cl)cc1NC(=O)[C@@H](C)OC(=O)CN1C(=O)Cc2ccccc2C1=O. The van der Waals surface area contributed by atoms with Crippen molar-refractivity contribution in [3.8, 4) is 0 Å². The largest absolute Gasteiger partial charge is 0.451 e. The number of hydrogen-bond acceptors (Lipinski definition) is 5. The fraction of sp³-hybridized carbons (Fsp3) is 0.238. The van der Waals surface area contributed by atoms with E-state index in [2.05, 4.69) is 5.32 Å². The van der Waals surface area contributed by atoms with Crippen molar-refractivity contribution >= 4 is 41.0 Å². The van der Waals surface area contributed by atoms with Gasteiger partial charge in [-0.3, -0.25) is 24.1 Å². The van der Waals surface area contributed by atoms with Gasteiger partial charge in [0, 0.05) is 16.3 Å². The molecular formula is C21H19ClN2O5. The molecule has 1 N–H and O–H groups in total. The van der Waals surface area contributed by atoms with Crippen molar-refractivity contribution in [3.63, 3.8) is 0 Å². The number of carbonyl (C=O) groups excluding carboxylic acids is 4. The van der Waals surface area contributed by atoms with E-state index >= 15 is 0 Å². The van der Waals surface area contributed by atoms with Gasteiger partial charge in [-0.25, -0.2) is 0 Å². The Balaban J connectivity index is 1.61. The summed E-state index contributed by atoms with van der Waals surface area (Å²) in [6.07, 6.45) is -1.10. The first-order chi connectivity index (χ1) is 13.8. The maximum absolute atomic E-state index is 12.5. The highest BCUT2D eigenvalue weighted by Crippen LogP contribution is 2.21. The number of amides is 3. The Kier molecular flexibility index (Phi) is 5.98. The Hall–Kier alpha value is -3.19. The predicted octanol–water partition coefficient (Wildman–Crippen LogP) is 2.74. The highest BCUT2D eigenvalue weighted by atomic mass is 35.5. The van der Waals surface area contributed by atoms with Crippen molar-refractivity contribution in [3.05, 3.63) is 64.2 Å². The number of esters is 1. The molecule has 0 bridgehead atoms. The van der Waals surface area contributed by atoms with Crippen molar-refractivity contribution in [2.45, 2.75) is 26.4 Å². The first-order valence-corrected chi connectivity index (χ1v) is 9.33. The van der Waals surface area contributed by atoms with Crippen molar-refractivity contribution in [1.82, 2.24) is 4.90 Å². The van der Waals surface area contributed by atoms with Gasteiger partial charge in [-0.1, -0.05) is 35.9 Å². The number of halogens is 1. The van der Waals surface area contributed by atoms with Crippen LogP contribution >= 0.6 is 11.6 Å². The monoisotopic (exact) mass is 414 g/mol. The zero-order valence-electron chi connectivity index (χ0n) is 15.9. The molecule has 3 rings (SSSR count). The van der Waals surface area contributed by atoms with Gasteiger partial charge in [0.2, 0.25) is 5.91 Å². The molecule has 0 unspecified atom stereocenters. The molecule has 1 atom stereocenters. The van der Waals surface area contributed by atoms with Crippen LogP contribution in [0.15, 0.2) is 42.5 Å². The average Bonchev–Trinajstić information content (AvgIpc) is 2.68. The van der Waals surface area contributed by atoms with Crippen molar-refractivity contribution in [2.75, 3.05) is 11.9 Å². The fourth-order valence-corrected chi connectivity index (χ4v) is 3.11. The lowest BCUT2D eigenvalue weighted by molar-refractivity contribution is -0.155. The number of imide groups is 1. The number of nitrogens with one attached hydrogen (secondary N) is 1. The molecule has 8 heteroatoms. The van der Waals surface area contributed by atoms with E-state index in [0.717, 1.165) is 10.5 Å². The standard InChI is InChI=1S/C21H19ClN2O5/c1-12-7-8-15(22)10-17(12)23-20(27)13(2)29-19(26)11-24-18(25)9-14-5-3-4-6-16(14)21(24)28/h3-8,10,13H,9,11H2,1-2H3,(H,23,27)/t13-/m1/s1. The first-order valence-electron chi connectivity index (χ1n) is 8.95. The molecule has 1 heterocycles. The minimum absolute atomic E-state index is 0.0271. The van der Waals surface area contributed by atoms with Gasteiger partial charge in [0.15, 0.2) is 6.10 Å². The summed E-state index contributed by atoms with van der Waals surface area (Å²) in [6.45, 7) is 2.65. The van der Waals surface area contributed by atoms with Crippen LogP contribution in [-0.4, -0.2) is 41.2 Å². The molecule has 0 aliphatic carbocycles. The van der Waals surface area contributed by atoms with E-state index in [9.17, 15) is 19.2 Å². The molecule has 29 heavy (non-hydrogen) atoms. The molecule has 1 aliphatic rings. The summed E-state index contributed by atoms with van der Waals surface area (Å²) in [7, 11) is 0. The predicted molar refractivity (Wildman–Crippen MR) is 107 cm³/mol. The number of anilines is 1. The zero-order chi connectivity index (χ0) is 21.1. The number of benzene rings is 2. The van der Waals surface area contributed by atoms with Gasteiger partial charge < -0.3 is 10.1 Å².